The van der Waals surface area contributed by atoms with E-state index < -0.39 is 47.4 Å². The highest BCUT2D eigenvalue weighted by Gasteiger charge is 2.61. The van der Waals surface area contributed by atoms with Crippen molar-refractivity contribution in [3.05, 3.63) is 52.1 Å². The molecule has 5 aliphatic heterocycles. The van der Waals surface area contributed by atoms with Crippen LogP contribution in [-0.2, 0) is 20.7 Å². The molecule has 0 radical (unpaired) electrons. The van der Waals surface area contributed by atoms with Crippen LogP contribution in [0.5, 0.6) is 28.7 Å². The third-order valence-corrected chi connectivity index (χ3v) is 11.3. The second kappa shape index (κ2) is 11.4. The molecule has 242 valence electrons. The van der Waals surface area contributed by atoms with Crippen molar-refractivity contribution in [2.24, 2.45) is 5.73 Å². The van der Waals surface area contributed by atoms with Gasteiger partial charge in [0.25, 0.3) is 0 Å². The summed E-state index contributed by atoms with van der Waals surface area (Å²) < 4.78 is 29.6. The highest BCUT2D eigenvalue weighted by Crippen LogP contribution is 2.64. The number of phenols is 1. The SMILES string of the molecule is C=CCN1C2Cc3cc(C)c(OC)c(O)c3[C@H]1C1[C@@H]3SCC(N)C(=O)OC[C@@H](c4c5c(c(C)c(OC(C)=O)c43)OCO5)N1[C@H]2C#N. The van der Waals surface area contributed by atoms with Gasteiger partial charge in [0, 0.05) is 53.6 Å². The Morgan fingerprint density at radius 2 is 2.00 bits per heavy atom. The third kappa shape index (κ3) is 4.31. The maximum absolute atomic E-state index is 13.0. The summed E-state index contributed by atoms with van der Waals surface area (Å²) in [6, 6.07) is 1.15. The molecule has 0 spiro atoms. The van der Waals surface area contributed by atoms with Crippen molar-refractivity contribution < 1.29 is 38.4 Å². The van der Waals surface area contributed by atoms with Gasteiger partial charge in [-0.15, -0.1) is 18.3 Å². The van der Waals surface area contributed by atoms with Gasteiger partial charge < -0.3 is 34.5 Å². The number of cyclic esters (lactones) is 1. The number of aryl methyl sites for hydroxylation is 1. The molecule has 4 bridgehead atoms. The standard InChI is InChI=1S/C33H36N4O8S/c1-6-7-36-19-9-17-8-14(2)28(41-5)27(39)22(17)25(36)26-32-24-23(31-30(43-13-44-31)15(3)29(24)45-16(4)38)21(37(26)20(19)10-34)11-42-33(40)18(35)12-46-32/h6,8,18-21,25-26,32,39H,1,7,9,11-13,35H2,2-5H3/t18?,19?,20-,21-,25-,26?,32+/m0/s1. The van der Waals surface area contributed by atoms with Crippen LogP contribution >= 0.6 is 11.8 Å². The first kappa shape index (κ1) is 30.7. The predicted molar refractivity (Wildman–Crippen MR) is 167 cm³/mol. The van der Waals surface area contributed by atoms with E-state index in [0.29, 0.717) is 58.2 Å². The first-order chi connectivity index (χ1) is 22.1. The summed E-state index contributed by atoms with van der Waals surface area (Å²) in [4.78, 5) is 30.0. The fraction of sp³-hybridized carbons (Fsp3) is 0.485. The summed E-state index contributed by atoms with van der Waals surface area (Å²) in [5, 5.41) is 22.3. The Hall–Kier alpha value is -3.96. The number of methoxy groups -OCH3 is 1. The Balaban J connectivity index is 1.58. The topological polar surface area (TPSA) is 157 Å². The molecule has 2 aromatic carbocycles. The Morgan fingerprint density at radius 3 is 2.70 bits per heavy atom. The number of hydrogen-bond acceptors (Lipinski definition) is 13. The zero-order valence-corrected chi connectivity index (χ0v) is 26.9. The molecule has 3 N–H and O–H groups in total. The van der Waals surface area contributed by atoms with Gasteiger partial charge in [-0.25, -0.2) is 0 Å². The van der Waals surface area contributed by atoms with E-state index >= 15 is 0 Å². The van der Waals surface area contributed by atoms with E-state index in [2.05, 4.69) is 22.4 Å². The monoisotopic (exact) mass is 648 g/mol. The summed E-state index contributed by atoms with van der Waals surface area (Å²) in [7, 11) is 1.53. The van der Waals surface area contributed by atoms with E-state index in [-0.39, 0.29) is 30.9 Å². The van der Waals surface area contributed by atoms with E-state index in [4.69, 9.17) is 29.4 Å². The second-order valence-corrected chi connectivity index (χ2v) is 13.5. The fourth-order valence-electron chi connectivity index (χ4n) is 8.23. The quantitative estimate of drug-likeness (QED) is 0.284. The number of carbonyl (C=O) groups excluding carboxylic acids is 2. The molecule has 46 heavy (non-hydrogen) atoms. The van der Waals surface area contributed by atoms with Crippen LogP contribution in [0.1, 0.15) is 57.6 Å². The van der Waals surface area contributed by atoms with Crippen molar-refractivity contribution in [1.29, 1.82) is 5.26 Å². The zero-order chi connectivity index (χ0) is 32.6. The van der Waals surface area contributed by atoms with E-state index in [1.807, 2.05) is 19.9 Å². The number of nitrogens with zero attached hydrogens (tertiary/aromatic N) is 3. The molecule has 5 heterocycles. The number of benzene rings is 2. The average molecular weight is 649 g/mol. The first-order valence-corrected chi connectivity index (χ1v) is 16.3. The number of rotatable bonds is 4. The van der Waals surface area contributed by atoms with Crippen molar-refractivity contribution in [3.63, 3.8) is 0 Å². The highest BCUT2D eigenvalue weighted by atomic mass is 32.2. The summed E-state index contributed by atoms with van der Waals surface area (Å²) >= 11 is 1.43. The Morgan fingerprint density at radius 1 is 1.24 bits per heavy atom. The summed E-state index contributed by atoms with van der Waals surface area (Å²) in [5.74, 6) is 0.861. The molecular formula is C33H36N4O8S. The lowest BCUT2D eigenvalue weighted by atomic mass is 9.71. The number of fused-ring (bicyclic) bond motifs is 9. The lowest BCUT2D eigenvalue weighted by Gasteiger charge is -2.62. The van der Waals surface area contributed by atoms with Gasteiger partial charge >= 0.3 is 11.9 Å². The number of esters is 2. The predicted octanol–water partition coefficient (Wildman–Crippen LogP) is 3.12. The normalized spacial score (nSPS) is 29.5. The summed E-state index contributed by atoms with van der Waals surface area (Å²) in [6.07, 6.45) is 2.30. The lowest BCUT2D eigenvalue weighted by molar-refractivity contribution is -0.150. The van der Waals surface area contributed by atoms with Crippen LogP contribution in [0.2, 0.25) is 0 Å². The maximum atomic E-state index is 13.0. The smallest absolute Gasteiger partial charge is 0.323 e. The molecule has 0 saturated carbocycles. The van der Waals surface area contributed by atoms with Gasteiger partial charge in [-0.3, -0.25) is 19.4 Å². The molecule has 2 aromatic rings. The van der Waals surface area contributed by atoms with Crippen molar-refractivity contribution in [3.8, 4) is 34.8 Å². The lowest BCUT2D eigenvalue weighted by Crippen LogP contribution is -2.70. The fourth-order valence-corrected chi connectivity index (χ4v) is 9.67. The molecule has 7 rings (SSSR count). The number of ether oxygens (including phenoxy) is 5. The summed E-state index contributed by atoms with van der Waals surface area (Å²) in [5.41, 5.74) is 10.8. The van der Waals surface area contributed by atoms with E-state index in [9.17, 15) is 20.0 Å². The number of phenolic OH excluding ortho intramolecular Hbond substituents is 1. The van der Waals surface area contributed by atoms with Crippen LogP contribution in [0.4, 0.5) is 0 Å². The van der Waals surface area contributed by atoms with Crippen LogP contribution in [0, 0.1) is 25.2 Å². The molecule has 0 aromatic heterocycles. The van der Waals surface area contributed by atoms with Gasteiger partial charge in [-0.2, -0.15) is 5.26 Å². The number of nitrogens with two attached hydrogens (primary N) is 1. The highest BCUT2D eigenvalue weighted by molar-refractivity contribution is 7.99. The van der Waals surface area contributed by atoms with Crippen LogP contribution < -0.4 is 24.7 Å². The number of piperazine rings is 1. The minimum Gasteiger partial charge on any atom is -0.504 e. The van der Waals surface area contributed by atoms with Crippen molar-refractivity contribution in [1.82, 2.24) is 9.80 Å². The minimum atomic E-state index is -0.907. The van der Waals surface area contributed by atoms with Gasteiger partial charge in [0.2, 0.25) is 6.79 Å². The van der Waals surface area contributed by atoms with Gasteiger partial charge in [0.15, 0.2) is 23.0 Å². The molecule has 2 fully saturated rings. The van der Waals surface area contributed by atoms with Crippen molar-refractivity contribution in [2.45, 2.75) is 68.7 Å². The number of nitriles is 1. The minimum absolute atomic E-state index is 0.0365. The van der Waals surface area contributed by atoms with Gasteiger partial charge in [-0.1, -0.05) is 12.1 Å². The first-order valence-electron chi connectivity index (χ1n) is 15.2. The molecule has 13 heteroatoms. The largest absolute Gasteiger partial charge is 0.504 e. The molecule has 2 saturated heterocycles. The maximum Gasteiger partial charge on any atom is 0.323 e. The Kier molecular flexibility index (Phi) is 7.59. The molecule has 0 aliphatic carbocycles. The van der Waals surface area contributed by atoms with Crippen LogP contribution in [0.15, 0.2) is 18.7 Å². The zero-order valence-electron chi connectivity index (χ0n) is 26.1. The summed E-state index contributed by atoms with van der Waals surface area (Å²) in [6.45, 7) is 9.38. The van der Waals surface area contributed by atoms with E-state index in [1.165, 1.54) is 25.8 Å². The van der Waals surface area contributed by atoms with E-state index in [0.717, 1.165) is 11.1 Å². The van der Waals surface area contributed by atoms with Gasteiger partial charge in [-0.05, 0) is 31.4 Å². The Labute approximate surface area is 270 Å². The number of carbonyl (C=O) groups is 2. The number of hydrogen-bond donors (Lipinski definition) is 2. The van der Waals surface area contributed by atoms with Gasteiger partial charge in [0.1, 0.15) is 24.4 Å². The molecular weight excluding hydrogens is 612 g/mol. The van der Waals surface area contributed by atoms with Crippen molar-refractivity contribution in [2.75, 3.05) is 32.8 Å². The third-order valence-electron chi connectivity index (χ3n) is 9.85. The Bertz CT molecular complexity index is 1710. The molecule has 12 nitrogen and oxygen atoms in total. The number of thioether (sulfide) groups is 1. The average Bonchev–Trinajstić information content (AvgIpc) is 3.51. The molecule has 0 amide bonds. The second-order valence-electron chi connectivity index (χ2n) is 12.3. The molecule has 5 aliphatic rings. The van der Waals surface area contributed by atoms with Crippen molar-refractivity contribution >= 4 is 23.7 Å². The molecule has 3 unspecified atom stereocenters. The van der Waals surface area contributed by atoms with Crippen LogP contribution in [-0.4, -0.2) is 83.8 Å². The van der Waals surface area contributed by atoms with Crippen LogP contribution in [0.25, 0.3) is 0 Å². The van der Waals surface area contributed by atoms with Gasteiger partial charge in [0.05, 0.1) is 30.5 Å². The molecule has 7 atom stereocenters. The number of aromatic hydroxyl groups is 1. The van der Waals surface area contributed by atoms with E-state index in [1.54, 1.807) is 6.08 Å². The van der Waals surface area contributed by atoms with Crippen LogP contribution in [0.3, 0.4) is 0 Å².